The zero-order chi connectivity index (χ0) is 21.3. The molecule has 3 heterocycles. The molecule has 4 rings (SSSR count). The van der Waals surface area contributed by atoms with Gasteiger partial charge in [-0.05, 0) is 31.3 Å². The minimum atomic E-state index is -0.987. The normalized spacial score (nSPS) is 10.9. The fraction of sp³-hybridized carbons (Fsp3) is 0.130. The minimum absolute atomic E-state index is 0. The number of halogens is 2. The molecule has 156 valence electrons. The Kier molecular flexibility index (Phi) is 6.42. The van der Waals surface area contributed by atoms with E-state index in [1.807, 2.05) is 32.0 Å². The quantitative estimate of drug-likeness (QED) is 0.260. The van der Waals surface area contributed by atoms with E-state index in [4.69, 9.17) is 0 Å². The third-order valence-corrected chi connectivity index (χ3v) is 4.76. The summed E-state index contributed by atoms with van der Waals surface area (Å²) >= 11 is 0. The molecule has 0 amide bonds. The molecule has 0 N–H and O–H groups in total. The van der Waals surface area contributed by atoms with Gasteiger partial charge in [0.05, 0.1) is 16.7 Å². The van der Waals surface area contributed by atoms with Crippen molar-refractivity contribution in [3.05, 3.63) is 95.7 Å². The Hall–Kier alpha value is -3.23. The third kappa shape index (κ3) is 4.30. The van der Waals surface area contributed by atoms with Crippen LogP contribution in [0.5, 0.6) is 0 Å². The number of nitriles is 1. The van der Waals surface area contributed by atoms with E-state index in [0.29, 0.717) is 22.6 Å². The molecule has 3 aromatic heterocycles. The Bertz CT molecular complexity index is 1260. The van der Waals surface area contributed by atoms with Gasteiger partial charge in [-0.3, -0.25) is 9.67 Å². The molecule has 0 saturated heterocycles. The molecule has 0 atom stereocenters. The maximum Gasteiger partial charge on any atom is 2.00 e. The number of rotatable bonds is 4. The second kappa shape index (κ2) is 8.87. The number of hydrogen-bond acceptors (Lipinski definition) is 4. The van der Waals surface area contributed by atoms with Gasteiger partial charge in [-0.25, -0.2) is 8.78 Å². The molecule has 0 radical (unpaired) electrons. The molecule has 4 aromatic rings. The largest absolute Gasteiger partial charge is 2.00 e. The number of hydrogen-bond donors (Lipinski definition) is 0. The van der Waals surface area contributed by atoms with Gasteiger partial charge < -0.3 is 4.98 Å². The number of para-hydroxylation sites is 1. The summed E-state index contributed by atoms with van der Waals surface area (Å²) in [5.74, 6) is -1.94. The van der Waals surface area contributed by atoms with Gasteiger partial charge in [0, 0.05) is 11.9 Å². The molecular weight excluding hydrogens is 579 g/mol. The van der Waals surface area contributed by atoms with Crippen LogP contribution >= 0.6 is 0 Å². The summed E-state index contributed by atoms with van der Waals surface area (Å²) < 4.78 is 28.8. The second-order valence-electron chi connectivity index (χ2n) is 7.12. The van der Waals surface area contributed by atoms with Crippen LogP contribution in [0.3, 0.4) is 0 Å². The predicted molar refractivity (Wildman–Crippen MR) is 105 cm³/mol. The van der Waals surface area contributed by atoms with Gasteiger partial charge in [0.2, 0.25) is 0 Å². The molecule has 0 spiro atoms. The van der Waals surface area contributed by atoms with Crippen molar-refractivity contribution in [1.29, 1.82) is 5.26 Å². The van der Waals surface area contributed by atoms with E-state index in [0.717, 1.165) is 6.07 Å². The molecular formula is C23H15F2N5Pt. The third-order valence-electron chi connectivity index (χ3n) is 4.76. The molecule has 0 unspecified atom stereocenters. The van der Waals surface area contributed by atoms with Crippen LogP contribution in [0.15, 0.2) is 54.7 Å². The SMILES string of the molecule is CC(C)(c1cccc(-c2[c-]cc(F)nc2F)n1)c1nn(-c2[c-]cccc2)cc1C#N.[Pt+2]. The van der Waals surface area contributed by atoms with Crippen molar-refractivity contribution in [3.63, 3.8) is 0 Å². The van der Waals surface area contributed by atoms with E-state index in [9.17, 15) is 14.0 Å². The fourth-order valence-corrected chi connectivity index (χ4v) is 3.16. The number of nitrogens with zero attached hydrogens (tertiary/aromatic N) is 5. The summed E-state index contributed by atoms with van der Waals surface area (Å²) in [6.07, 6.45) is 1.64. The van der Waals surface area contributed by atoms with Crippen LogP contribution in [0.2, 0.25) is 0 Å². The smallest absolute Gasteiger partial charge is 0.300 e. The molecule has 0 saturated carbocycles. The van der Waals surface area contributed by atoms with E-state index in [1.165, 1.54) is 0 Å². The zero-order valence-corrected chi connectivity index (χ0v) is 18.8. The maximum atomic E-state index is 14.1. The average Bonchev–Trinajstić information content (AvgIpc) is 3.20. The second-order valence-corrected chi connectivity index (χ2v) is 7.12. The Balaban J connectivity index is 0.00000272. The monoisotopic (exact) mass is 594 g/mol. The number of pyridine rings is 2. The van der Waals surface area contributed by atoms with Crippen LogP contribution in [0.1, 0.15) is 30.8 Å². The Morgan fingerprint density at radius 2 is 1.87 bits per heavy atom. The van der Waals surface area contributed by atoms with Crippen LogP contribution < -0.4 is 0 Å². The van der Waals surface area contributed by atoms with Crippen molar-refractivity contribution in [3.8, 4) is 23.0 Å². The molecule has 0 aliphatic rings. The standard InChI is InChI=1S/C23H15F2N5.Pt/c1-23(2,21-15(13-26)14-30(29-21)16-7-4-3-5-8-16)19-10-6-9-18(27-19)17-11-12-20(24)28-22(17)25;/h3-7,9-10,12,14H,1-2H3;/q-2;+2. The Labute approximate surface area is 192 Å². The molecule has 1 aromatic carbocycles. The van der Waals surface area contributed by atoms with Crippen LogP contribution in [-0.2, 0) is 26.5 Å². The van der Waals surface area contributed by atoms with Crippen LogP contribution in [0.4, 0.5) is 8.78 Å². The summed E-state index contributed by atoms with van der Waals surface area (Å²) in [6.45, 7) is 3.76. The molecule has 0 fully saturated rings. The van der Waals surface area contributed by atoms with Crippen molar-refractivity contribution >= 4 is 0 Å². The van der Waals surface area contributed by atoms with Crippen LogP contribution in [-0.4, -0.2) is 19.7 Å². The minimum Gasteiger partial charge on any atom is -0.300 e. The van der Waals surface area contributed by atoms with Gasteiger partial charge in [-0.1, -0.05) is 23.8 Å². The van der Waals surface area contributed by atoms with Gasteiger partial charge in [0.15, 0.2) is 0 Å². The Morgan fingerprint density at radius 3 is 2.55 bits per heavy atom. The van der Waals surface area contributed by atoms with Gasteiger partial charge in [-0.15, -0.1) is 12.1 Å². The van der Waals surface area contributed by atoms with E-state index < -0.39 is 17.3 Å². The average molecular weight is 594 g/mol. The van der Waals surface area contributed by atoms with Gasteiger partial charge >= 0.3 is 21.1 Å². The molecule has 5 nitrogen and oxygen atoms in total. The van der Waals surface area contributed by atoms with Gasteiger partial charge in [0.1, 0.15) is 18.0 Å². The van der Waals surface area contributed by atoms with E-state index in [-0.39, 0.29) is 32.3 Å². The summed E-state index contributed by atoms with van der Waals surface area (Å²) in [7, 11) is 0. The molecule has 0 aliphatic carbocycles. The number of benzene rings is 1. The van der Waals surface area contributed by atoms with Crippen molar-refractivity contribution in [2.24, 2.45) is 0 Å². The summed E-state index contributed by atoms with van der Waals surface area (Å²) in [4.78, 5) is 7.74. The Morgan fingerprint density at radius 1 is 1.06 bits per heavy atom. The summed E-state index contributed by atoms with van der Waals surface area (Å²) in [5, 5.41) is 14.3. The first kappa shape index (κ1) is 22.5. The topological polar surface area (TPSA) is 67.4 Å². The van der Waals surface area contributed by atoms with Crippen molar-refractivity contribution in [2.45, 2.75) is 19.3 Å². The van der Waals surface area contributed by atoms with Gasteiger partial charge in [-0.2, -0.15) is 34.6 Å². The van der Waals surface area contributed by atoms with Crippen LogP contribution in [0, 0.1) is 35.4 Å². The van der Waals surface area contributed by atoms with Crippen molar-refractivity contribution < 1.29 is 29.8 Å². The molecule has 0 bridgehead atoms. The maximum absolute atomic E-state index is 14.1. The summed E-state index contributed by atoms with van der Waals surface area (Å²) in [6, 6.07) is 21.1. The van der Waals surface area contributed by atoms with Crippen molar-refractivity contribution in [1.82, 2.24) is 19.7 Å². The zero-order valence-electron chi connectivity index (χ0n) is 16.5. The van der Waals surface area contributed by atoms with E-state index in [1.54, 1.807) is 35.1 Å². The molecule has 0 aliphatic heterocycles. The first-order valence-corrected chi connectivity index (χ1v) is 9.09. The fourth-order valence-electron chi connectivity index (χ4n) is 3.16. The van der Waals surface area contributed by atoms with E-state index >= 15 is 0 Å². The first-order chi connectivity index (χ1) is 14.4. The number of aromatic nitrogens is 4. The predicted octanol–water partition coefficient (Wildman–Crippen LogP) is 4.40. The summed E-state index contributed by atoms with van der Waals surface area (Å²) in [5.41, 5.74) is 1.64. The first-order valence-electron chi connectivity index (χ1n) is 9.09. The molecule has 31 heavy (non-hydrogen) atoms. The van der Waals surface area contributed by atoms with E-state index in [2.05, 4.69) is 33.3 Å². The van der Waals surface area contributed by atoms with Crippen molar-refractivity contribution in [2.75, 3.05) is 0 Å². The molecule has 8 heteroatoms. The van der Waals surface area contributed by atoms with Crippen LogP contribution in [0.25, 0.3) is 16.9 Å². The van der Waals surface area contributed by atoms with Gasteiger partial charge in [0.25, 0.3) is 0 Å².